The van der Waals surface area contributed by atoms with Crippen LogP contribution in [-0.4, -0.2) is 29.0 Å². The van der Waals surface area contributed by atoms with Crippen molar-refractivity contribution in [1.82, 2.24) is 14.1 Å². The second kappa shape index (κ2) is 5.48. The van der Waals surface area contributed by atoms with Crippen LogP contribution in [0.3, 0.4) is 0 Å². The lowest BCUT2D eigenvalue weighted by atomic mass is 9.96. The van der Waals surface area contributed by atoms with Gasteiger partial charge in [0.2, 0.25) is 10.0 Å². The van der Waals surface area contributed by atoms with Crippen molar-refractivity contribution in [3.8, 4) is 0 Å². The minimum absolute atomic E-state index is 0.133. The van der Waals surface area contributed by atoms with Crippen LogP contribution in [0.5, 0.6) is 0 Å². The van der Waals surface area contributed by atoms with Gasteiger partial charge < -0.3 is 0 Å². The van der Waals surface area contributed by atoms with E-state index in [2.05, 4.69) is 5.10 Å². The molecule has 1 fully saturated rings. The number of rotatable bonds is 3. The molecular formula is C15H18FN3O2S. The van der Waals surface area contributed by atoms with Crippen molar-refractivity contribution in [2.45, 2.75) is 24.3 Å². The number of aryl methyl sites for hydroxylation is 1. The van der Waals surface area contributed by atoms with E-state index in [9.17, 15) is 12.8 Å². The van der Waals surface area contributed by atoms with Gasteiger partial charge in [-0.1, -0.05) is 19.1 Å². The molecule has 0 spiro atoms. The lowest BCUT2D eigenvalue weighted by molar-refractivity contribution is 0.356. The van der Waals surface area contributed by atoms with Crippen molar-refractivity contribution in [1.29, 1.82) is 0 Å². The first-order chi connectivity index (χ1) is 10.4. The van der Waals surface area contributed by atoms with Gasteiger partial charge in [0.05, 0.1) is 12.2 Å². The van der Waals surface area contributed by atoms with E-state index in [4.69, 9.17) is 0 Å². The summed E-state index contributed by atoms with van der Waals surface area (Å²) < 4.78 is 42.1. The summed E-state index contributed by atoms with van der Waals surface area (Å²) in [6, 6.07) is 5.83. The summed E-state index contributed by atoms with van der Waals surface area (Å²) in [7, 11) is -1.96. The molecule has 2 aromatic rings. The van der Waals surface area contributed by atoms with Crippen LogP contribution in [0, 0.1) is 11.7 Å². The van der Waals surface area contributed by atoms with Crippen LogP contribution in [0.4, 0.5) is 4.39 Å². The molecular weight excluding hydrogens is 305 g/mol. The Hall–Kier alpha value is -1.73. The zero-order chi connectivity index (χ0) is 15.9. The van der Waals surface area contributed by atoms with Gasteiger partial charge in [-0.25, -0.2) is 12.8 Å². The Kier molecular flexibility index (Phi) is 3.78. The summed E-state index contributed by atoms with van der Waals surface area (Å²) >= 11 is 0. The third-order valence-corrected chi connectivity index (χ3v) is 5.97. The molecule has 1 aromatic carbocycles. The van der Waals surface area contributed by atoms with E-state index in [0.717, 1.165) is 6.42 Å². The van der Waals surface area contributed by atoms with Crippen LogP contribution in [0.25, 0.3) is 0 Å². The predicted molar refractivity (Wildman–Crippen MR) is 80.0 cm³/mol. The lowest BCUT2D eigenvalue weighted by Crippen LogP contribution is -2.31. The van der Waals surface area contributed by atoms with Crippen LogP contribution in [0.15, 0.2) is 41.6 Å². The molecule has 1 aliphatic rings. The molecule has 5 nitrogen and oxygen atoms in total. The maximum atomic E-state index is 13.5. The lowest BCUT2D eigenvalue weighted by Gasteiger charge is -2.26. The van der Waals surface area contributed by atoms with Crippen molar-refractivity contribution in [3.05, 3.63) is 48.0 Å². The Labute approximate surface area is 129 Å². The molecule has 3 rings (SSSR count). The monoisotopic (exact) mass is 323 g/mol. The van der Waals surface area contributed by atoms with Crippen LogP contribution in [0.2, 0.25) is 0 Å². The average Bonchev–Trinajstić information content (AvgIpc) is 3.05. The topological polar surface area (TPSA) is 55.2 Å². The van der Waals surface area contributed by atoms with E-state index in [1.54, 1.807) is 19.2 Å². The highest BCUT2D eigenvalue weighted by Crippen LogP contribution is 2.40. The Bertz CT molecular complexity index is 788. The number of hydrogen-bond acceptors (Lipinski definition) is 3. The molecule has 2 heterocycles. The van der Waals surface area contributed by atoms with Crippen molar-refractivity contribution >= 4 is 10.0 Å². The van der Waals surface area contributed by atoms with Crippen molar-refractivity contribution in [2.75, 3.05) is 6.54 Å². The molecule has 1 aliphatic heterocycles. The van der Waals surface area contributed by atoms with E-state index >= 15 is 0 Å². The molecule has 0 bridgehead atoms. The number of halogens is 1. The Morgan fingerprint density at radius 1 is 1.36 bits per heavy atom. The maximum Gasteiger partial charge on any atom is 0.246 e. The van der Waals surface area contributed by atoms with E-state index < -0.39 is 10.0 Å². The molecule has 1 aromatic heterocycles. The summed E-state index contributed by atoms with van der Waals surface area (Å²) in [6.07, 6.45) is 3.59. The molecule has 0 unspecified atom stereocenters. The molecule has 118 valence electrons. The van der Waals surface area contributed by atoms with Gasteiger partial charge in [0, 0.05) is 19.8 Å². The van der Waals surface area contributed by atoms with Gasteiger partial charge in [0.1, 0.15) is 10.7 Å². The molecule has 0 radical (unpaired) electrons. The van der Waals surface area contributed by atoms with Gasteiger partial charge in [-0.2, -0.15) is 9.40 Å². The number of benzene rings is 1. The molecule has 0 amide bonds. The normalized spacial score (nSPS) is 23.0. The van der Waals surface area contributed by atoms with Crippen molar-refractivity contribution in [2.24, 2.45) is 13.0 Å². The molecule has 22 heavy (non-hydrogen) atoms. The Balaban J connectivity index is 2.02. The highest BCUT2D eigenvalue weighted by molar-refractivity contribution is 7.89. The number of aromatic nitrogens is 2. The average molecular weight is 323 g/mol. The second-order valence-electron chi connectivity index (χ2n) is 5.73. The van der Waals surface area contributed by atoms with Gasteiger partial charge in [-0.15, -0.1) is 0 Å². The minimum Gasteiger partial charge on any atom is -0.274 e. The molecule has 0 saturated carbocycles. The van der Waals surface area contributed by atoms with Crippen LogP contribution < -0.4 is 0 Å². The van der Waals surface area contributed by atoms with Crippen molar-refractivity contribution < 1.29 is 12.8 Å². The fraction of sp³-hybridized carbons (Fsp3) is 0.400. The molecule has 2 atom stereocenters. The van der Waals surface area contributed by atoms with E-state index in [-0.39, 0.29) is 22.7 Å². The molecule has 1 saturated heterocycles. The Morgan fingerprint density at radius 2 is 2.14 bits per heavy atom. The third kappa shape index (κ3) is 2.55. The first kappa shape index (κ1) is 15.2. The van der Waals surface area contributed by atoms with Gasteiger partial charge >= 0.3 is 0 Å². The smallest absolute Gasteiger partial charge is 0.246 e. The summed E-state index contributed by atoms with van der Waals surface area (Å²) in [5.74, 6) is -0.219. The fourth-order valence-corrected chi connectivity index (χ4v) is 4.75. The van der Waals surface area contributed by atoms with Gasteiger partial charge in [0.25, 0.3) is 0 Å². The van der Waals surface area contributed by atoms with Crippen LogP contribution >= 0.6 is 0 Å². The first-order valence-electron chi connectivity index (χ1n) is 7.15. The zero-order valence-electron chi connectivity index (χ0n) is 12.5. The zero-order valence-corrected chi connectivity index (χ0v) is 13.3. The Morgan fingerprint density at radius 3 is 2.77 bits per heavy atom. The third-order valence-electron chi connectivity index (χ3n) is 4.13. The summed E-state index contributed by atoms with van der Waals surface area (Å²) in [6.45, 7) is 2.42. The highest BCUT2D eigenvalue weighted by atomic mass is 32.2. The largest absolute Gasteiger partial charge is 0.274 e. The fourth-order valence-electron chi connectivity index (χ4n) is 3.03. The molecule has 0 N–H and O–H groups in total. The number of nitrogens with zero attached hydrogens (tertiary/aromatic N) is 3. The number of hydrogen-bond donors (Lipinski definition) is 0. The van der Waals surface area contributed by atoms with E-state index in [1.165, 1.54) is 33.5 Å². The SMILES string of the molecule is C[C@@H]1CCN(S(=O)(=O)c2cnn(C)c2)[C@@H]1c1cccc(F)c1. The minimum atomic E-state index is -3.63. The van der Waals surface area contributed by atoms with Crippen molar-refractivity contribution in [3.63, 3.8) is 0 Å². The van der Waals surface area contributed by atoms with Gasteiger partial charge in [-0.3, -0.25) is 4.68 Å². The summed E-state index contributed by atoms with van der Waals surface area (Å²) in [5, 5.41) is 3.94. The molecule has 7 heteroatoms. The first-order valence-corrected chi connectivity index (χ1v) is 8.59. The summed E-state index contributed by atoms with van der Waals surface area (Å²) in [5.41, 5.74) is 0.692. The molecule has 0 aliphatic carbocycles. The van der Waals surface area contributed by atoms with Crippen LogP contribution in [0.1, 0.15) is 24.9 Å². The quantitative estimate of drug-likeness (QED) is 0.871. The van der Waals surface area contributed by atoms with Crippen LogP contribution in [-0.2, 0) is 17.1 Å². The summed E-state index contributed by atoms with van der Waals surface area (Å²) in [4.78, 5) is 0.172. The second-order valence-corrected chi connectivity index (χ2v) is 7.62. The standard InChI is InChI=1S/C15H18FN3O2S/c1-11-6-7-19(15(11)12-4-3-5-13(16)8-12)22(20,21)14-9-17-18(2)10-14/h3-5,8-11,15H,6-7H2,1-2H3/t11-,15+/m1/s1. The van der Waals surface area contributed by atoms with E-state index in [0.29, 0.717) is 12.1 Å². The number of sulfonamides is 1. The highest BCUT2D eigenvalue weighted by Gasteiger charge is 2.41. The van der Waals surface area contributed by atoms with E-state index in [1.807, 2.05) is 6.92 Å². The van der Waals surface area contributed by atoms with Gasteiger partial charge in [-0.05, 0) is 30.0 Å². The maximum absolute atomic E-state index is 13.5. The van der Waals surface area contributed by atoms with Gasteiger partial charge in [0.15, 0.2) is 0 Å². The predicted octanol–water partition coefficient (Wildman–Crippen LogP) is 2.33.